The Bertz CT molecular complexity index is 1740. The third kappa shape index (κ3) is 11.4. The molecule has 302 valence electrons. The Labute approximate surface area is 335 Å². The predicted molar refractivity (Wildman–Crippen MR) is 225 cm³/mol. The van der Waals surface area contributed by atoms with Crippen LogP contribution in [0.3, 0.4) is 0 Å². The van der Waals surface area contributed by atoms with Gasteiger partial charge in [-0.15, -0.1) is 0 Å². The van der Waals surface area contributed by atoms with Crippen molar-refractivity contribution in [1.29, 1.82) is 0 Å². The second-order valence-corrected chi connectivity index (χ2v) is 16.6. The maximum atomic E-state index is 12.2. The molecule has 0 aliphatic heterocycles. The molecule has 0 spiro atoms. The van der Waals surface area contributed by atoms with Gasteiger partial charge in [-0.25, -0.2) is 9.59 Å². The van der Waals surface area contributed by atoms with E-state index in [1.54, 1.807) is 13.8 Å². The molecule has 2 saturated carbocycles. The fraction of sp³-hybridized carbons (Fsp3) is 0.510. The average Bonchev–Trinajstić information content (AvgIpc) is 4.06. The lowest BCUT2D eigenvalue weighted by Crippen LogP contribution is -2.31. The molecule has 7 heteroatoms. The third-order valence-electron chi connectivity index (χ3n) is 12.0. The van der Waals surface area contributed by atoms with Gasteiger partial charge in [0.2, 0.25) is 0 Å². The summed E-state index contributed by atoms with van der Waals surface area (Å²) in [7, 11) is 0. The molecule has 0 saturated heterocycles. The van der Waals surface area contributed by atoms with Gasteiger partial charge in [0, 0.05) is 16.6 Å². The summed E-state index contributed by atoms with van der Waals surface area (Å²) in [6, 6.07) is 20.6. The number of aryl methyl sites for hydroxylation is 2. The van der Waals surface area contributed by atoms with Gasteiger partial charge in [-0.3, -0.25) is 0 Å². The highest BCUT2D eigenvalue weighted by Crippen LogP contribution is 2.47. The van der Waals surface area contributed by atoms with Crippen molar-refractivity contribution in [1.82, 2.24) is 0 Å². The summed E-state index contributed by atoms with van der Waals surface area (Å²) >= 11 is 0. The first-order valence-electron chi connectivity index (χ1n) is 20.9. The van der Waals surface area contributed by atoms with E-state index in [1.807, 2.05) is 6.92 Å². The molecule has 0 atom stereocenters. The van der Waals surface area contributed by atoms with Crippen molar-refractivity contribution in [3.8, 4) is 28.0 Å². The second-order valence-electron chi connectivity index (χ2n) is 16.6. The molecule has 3 aromatic rings. The van der Waals surface area contributed by atoms with Crippen LogP contribution in [0.1, 0.15) is 126 Å². The lowest BCUT2D eigenvalue weighted by atomic mass is 9.79. The van der Waals surface area contributed by atoms with Gasteiger partial charge in [0.05, 0.1) is 33.0 Å². The normalized spacial score (nSPS) is 17.0. The van der Waals surface area contributed by atoms with Crippen LogP contribution in [-0.4, -0.2) is 55.2 Å². The summed E-state index contributed by atoms with van der Waals surface area (Å²) < 4.78 is 17.6. The molecule has 0 aromatic heterocycles. The van der Waals surface area contributed by atoms with Gasteiger partial charge in [-0.05, 0) is 152 Å². The van der Waals surface area contributed by atoms with Crippen molar-refractivity contribution in [2.45, 2.75) is 117 Å². The highest BCUT2D eigenvalue weighted by atomic mass is 16.5. The number of aliphatic hydroxyl groups excluding tert-OH is 2. The van der Waals surface area contributed by atoms with Crippen molar-refractivity contribution < 1.29 is 34.0 Å². The van der Waals surface area contributed by atoms with Gasteiger partial charge in [0.1, 0.15) is 5.75 Å². The van der Waals surface area contributed by atoms with E-state index in [2.05, 4.69) is 74.7 Å². The van der Waals surface area contributed by atoms with Gasteiger partial charge < -0.3 is 24.4 Å². The first-order chi connectivity index (χ1) is 27.0. The topological polar surface area (TPSA) is 102 Å². The van der Waals surface area contributed by atoms with Crippen molar-refractivity contribution >= 4 is 11.9 Å². The monoisotopic (exact) mass is 764 g/mol. The Balaban J connectivity index is 1.49. The highest BCUT2D eigenvalue weighted by molar-refractivity contribution is 5.87. The predicted octanol–water partition coefficient (Wildman–Crippen LogP) is 10.4. The zero-order chi connectivity index (χ0) is 40.2. The fourth-order valence-electron chi connectivity index (χ4n) is 7.82. The Morgan fingerprint density at radius 1 is 0.714 bits per heavy atom. The van der Waals surface area contributed by atoms with Crippen LogP contribution in [-0.2, 0) is 31.9 Å². The molecule has 0 heterocycles. The van der Waals surface area contributed by atoms with E-state index in [0.29, 0.717) is 68.1 Å². The third-order valence-corrected chi connectivity index (χ3v) is 12.0. The van der Waals surface area contributed by atoms with Crippen LogP contribution in [0.4, 0.5) is 0 Å². The molecular formula is C49H64O7. The van der Waals surface area contributed by atoms with Crippen LogP contribution in [0.15, 0.2) is 78.9 Å². The molecule has 2 aliphatic rings. The van der Waals surface area contributed by atoms with Crippen LogP contribution >= 0.6 is 0 Å². The van der Waals surface area contributed by atoms with Gasteiger partial charge in [-0.2, -0.15) is 0 Å². The quantitative estimate of drug-likeness (QED) is 0.0632. The largest absolute Gasteiger partial charge is 0.493 e. The molecule has 2 fully saturated rings. The van der Waals surface area contributed by atoms with Gasteiger partial charge in [0.15, 0.2) is 0 Å². The van der Waals surface area contributed by atoms with Crippen LogP contribution in [0.2, 0.25) is 0 Å². The molecule has 56 heavy (non-hydrogen) atoms. The number of carbonyl (C=O) groups is 2. The zero-order valence-electron chi connectivity index (χ0n) is 34.3. The van der Waals surface area contributed by atoms with E-state index >= 15 is 0 Å². The van der Waals surface area contributed by atoms with Gasteiger partial charge in [0.25, 0.3) is 0 Å². The Hall–Kier alpha value is -4.20. The minimum atomic E-state index is -0.635. The van der Waals surface area contributed by atoms with Crippen LogP contribution in [0, 0.1) is 11.3 Å². The first-order valence-corrected chi connectivity index (χ1v) is 20.9. The van der Waals surface area contributed by atoms with E-state index in [1.165, 1.54) is 53.5 Å². The fourth-order valence-corrected chi connectivity index (χ4v) is 7.82. The van der Waals surface area contributed by atoms with Crippen LogP contribution in [0.5, 0.6) is 5.75 Å². The summed E-state index contributed by atoms with van der Waals surface area (Å²) in [5, 5.41) is 20.3. The number of carbonyl (C=O) groups excluding carboxylic acids is 2. The lowest BCUT2D eigenvalue weighted by Gasteiger charge is -2.29. The highest BCUT2D eigenvalue weighted by Gasteiger charge is 2.29. The number of ether oxygens (including phenoxy) is 3. The standard InChI is InChI=1S/C49H64O7/c1-7-49(31-50,32-51)24-27-54-46-41(10-8-25-55-47(52)33(2)3)28-43(29-42(46)11-9-26-56-48(53)34(4)5)44-23-22-40(30-45(44)39-20-21-39)38-18-16-37(17-19-38)36-14-12-35(6)13-15-36/h16-19,22-23,28-30,35-36,39,50-51H,2,4,7-15,20-21,24-27,31-32H2,1,3,5-6H3. The molecule has 0 radical (unpaired) electrons. The molecule has 0 unspecified atom stereocenters. The van der Waals surface area contributed by atoms with E-state index in [-0.39, 0.29) is 26.4 Å². The maximum Gasteiger partial charge on any atom is 0.333 e. The average molecular weight is 765 g/mol. The summed E-state index contributed by atoms with van der Waals surface area (Å²) in [5.41, 5.74) is 9.66. The van der Waals surface area contributed by atoms with E-state index in [4.69, 9.17) is 14.2 Å². The minimum Gasteiger partial charge on any atom is -0.493 e. The van der Waals surface area contributed by atoms with Crippen molar-refractivity contribution in [2.24, 2.45) is 11.3 Å². The number of rotatable bonds is 21. The zero-order valence-corrected chi connectivity index (χ0v) is 34.3. The number of benzene rings is 3. The number of aliphatic hydroxyl groups is 2. The smallest absolute Gasteiger partial charge is 0.333 e. The molecule has 0 amide bonds. The maximum absolute atomic E-state index is 12.2. The molecule has 0 bridgehead atoms. The van der Waals surface area contributed by atoms with Gasteiger partial charge in [-0.1, -0.05) is 82.3 Å². The molecule has 2 N–H and O–H groups in total. The van der Waals surface area contributed by atoms with Crippen LogP contribution in [0.25, 0.3) is 22.3 Å². The summed E-state index contributed by atoms with van der Waals surface area (Å²) in [5.74, 6) is 1.94. The SMILES string of the molecule is C=C(C)C(=O)OCCCc1cc(-c2ccc(-c3ccc(C4CCC(C)CC4)cc3)cc2C2CC2)cc(CCCOC(=O)C(=C)C)c1OCCC(CC)(CO)CO. The van der Waals surface area contributed by atoms with Crippen LogP contribution < -0.4 is 4.74 Å². The minimum absolute atomic E-state index is 0.131. The molecule has 7 nitrogen and oxygen atoms in total. The molecule has 3 aromatic carbocycles. The summed E-state index contributed by atoms with van der Waals surface area (Å²) in [6.07, 6.45) is 11.0. The number of esters is 2. The van der Waals surface area contributed by atoms with Crippen molar-refractivity contribution in [3.63, 3.8) is 0 Å². The Kier molecular flexibility index (Phi) is 15.6. The first kappa shape index (κ1) is 42.9. The molecule has 2 aliphatic carbocycles. The molecular weight excluding hydrogens is 701 g/mol. The second kappa shape index (κ2) is 20.3. The van der Waals surface area contributed by atoms with E-state index < -0.39 is 17.4 Å². The number of hydrogen-bond donors (Lipinski definition) is 2. The van der Waals surface area contributed by atoms with E-state index in [9.17, 15) is 19.8 Å². The Morgan fingerprint density at radius 2 is 1.25 bits per heavy atom. The van der Waals surface area contributed by atoms with Crippen molar-refractivity contribution in [3.05, 3.63) is 101 Å². The Morgan fingerprint density at radius 3 is 1.75 bits per heavy atom. The summed E-state index contributed by atoms with van der Waals surface area (Å²) in [4.78, 5) is 24.4. The molecule has 5 rings (SSSR count). The summed E-state index contributed by atoms with van der Waals surface area (Å²) in [6.45, 7) is 15.6. The van der Waals surface area contributed by atoms with Crippen molar-refractivity contribution in [2.75, 3.05) is 33.0 Å². The lowest BCUT2D eigenvalue weighted by molar-refractivity contribution is -0.139. The van der Waals surface area contributed by atoms with Gasteiger partial charge >= 0.3 is 11.9 Å². The number of hydrogen-bond acceptors (Lipinski definition) is 7. The van der Waals surface area contributed by atoms with E-state index in [0.717, 1.165) is 41.2 Å².